The van der Waals surface area contributed by atoms with Crippen LogP contribution in [-0.2, 0) is 0 Å². The van der Waals surface area contributed by atoms with E-state index in [9.17, 15) is 4.80 Å². The molecule has 0 bridgehead atoms. The van der Waals surface area contributed by atoms with Crippen molar-refractivity contribution in [2.75, 3.05) is 0 Å². The summed E-state index contributed by atoms with van der Waals surface area (Å²) in [6, 6.07) is 20.7. The van der Waals surface area contributed by atoms with Gasteiger partial charge in [-0.3, -0.25) is 0 Å². The summed E-state index contributed by atoms with van der Waals surface area (Å²) in [7, 11) is -2.80. The summed E-state index contributed by atoms with van der Waals surface area (Å²) in [5, 5.41) is 2.15. The summed E-state index contributed by atoms with van der Waals surface area (Å²) in [6.45, 7) is 6.92. The van der Waals surface area contributed by atoms with Gasteiger partial charge in [-0.2, -0.15) is 0 Å². The molecule has 3 rings (SSSR count). The maximum Gasteiger partial charge on any atom is 0.258 e. The molecule has 1 aliphatic rings. The third kappa shape index (κ3) is 3.15. The average molecular weight is 325 g/mol. The van der Waals surface area contributed by atoms with Gasteiger partial charge in [-0.25, -0.2) is 0 Å². The Morgan fingerprint density at radius 2 is 1.35 bits per heavy atom. The lowest BCUT2D eigenvalue weighted by atomic mass is 9.96. The minimum absolute atomic E-state index is 0.0959. The molecule has 122 valence electrons. The minimum Gasteiger partial charge on any atom is -0.424 e. The van der Waals surface area contributed by atoms with E-state index in [0.29, 0.717) is 5.41 Å². The van der Waals surface area contributed by atoms with Crippen LogP contribution in [0, 0.1) is 5.41 Å². The van der Waals surface area contributed by atoms with E-state index in [4.69, 9.17) is 0 Å². The topological polar surface area (TPSA) is 20.2 Å². The van der Waals surface area contributed by atoms with Crippen LogP contribution >= 0.6 is 0 Å². The summed E-state index contributed by atoms with van der Waals surface area (Å²) in [6.07, 6.45) is 4.99. The zero-order chi connectivity index (χ0) is 16.6. The van der Waals surface area contributed by atoms with Gasteiger partial charge in [0.15, 0.2) is 0 Å². The van der Waals surface area contributed by atoms with Crippen molar-refractivity contribution in [3.63, 3.8) is 0 Å². The molecule has 0 spiro atoms. The van der Waals surface area contributed by atoms with Gasteiger partial charge in [0, 0.05) is 0 Å². The molecule has 0 unspecified atom stereocenters. The number of hydrogen-bond donors (Lipinski definition) is 1. The molecule has 1 nitrogen and oxygen atoms in total. The summed E-state index contributed by atoms with van der Waals surface area (Å²) < 4.78 is 0. The molecular weight excluding hydrogens is 296 g/mol. The van der Waals surface area contributed by atoms with Gasteiger partial charge in [0.2, 0.25) is 0 Å². The molecule has 1 fully saturated rings. The first kappa shape index (κ1) is 16.5. The van der Waals surface area contributed by atoms with Gasteiger partial charge in [0.25, 0.3) is 8.32 Å². The second-order valence-corrected chi connectivity index (χ2v) is 12.1. The first-order valence-corrected chi connectivity index (χ1v) is 10.7. The zero-order valence-corrected chi connectivity index (χ0v) is 15.5. The Bertz CT molecular complexity index is 605. The van der Waals surface area contributed by atoms with Gasteiger partial charge in [-0.15, -0.1) is 0 Å². The highest BCUT2D eigenvalue weighted by atomic mass is 28.4. The maximum absolute atomic E-state index is 12.0. The molecule has 0 saturated heterocycles. The third-order valence-corrected chi connectivity index (χ3v) is 10.4. The first-order valence-electron chi connectivity index (χ1n) is 8.71. The zero-order valence-electron chi connectivity index (χ0n) is 14.5. The number of benzene rings is 2. The van der Waals surface area contributed by atoms with Crippen molar-refractivity contribution in [3.05, 3.63) is 60.7 Å². The van der Waals surface area contributed by atoms with Gasteiger partial charge in [-0.1, -0.05) is 81.4 Å². The lowest BCUT2D eigenvalue weighted by Crippen LogP contribution is -2.65. The number of rotatable bonds is 6. The van der Waals surface area contributed by atoms with Gasteiger partial charge >= 0.3 is 0 Å². The molecule has 2 aromatic carbocycles. The van der Waals surface area contributed by atoms with E-state index in [2.05, 4.69) is 69.3 Å². The first-order chi connectivity index (χ1) is 10.9. The molecule has 0 aliphatic heterocycles. The molecule has 2 aromatic rings. The largest absolute Gasteiger partial charge is 0.424 e. The molecule has 23 heavy (non-hydrogen) atoms. The minimum atomic E-state index is -2.80. The van der Waals surface area contributed by atoms with Crippen LogP contribution in [0.15, 0.2) is 60.7 Å². The Labute approximate surface area is 141 Å². The summed E-state index contributed by atoms with van der Waals surface area (Å²) in [4.78, 5) is 12.0. The van der Waals surface area contributed by atoms with E-state index >= 15 is 0 Å². The Balaban J connectivity index is 2.01. The van der Waals surface area contributed by atoms with E-state index in [1.807, 2.05) is 12.1 Å². The van der Waals surface area contributed by atoms with Crippen LogP contribution in [0.4, 0.5) is 0 Å². The van der Waals surface area contributed by atoms with Crippen LogP contribution in [0.1, 0.15) is 46.5 Å². The fraction of sp³-hybridized carbons (Fsp3) is 0.429. The van der Waals surface area contributed by atoms with Crippen LogP contribution in [0.3, 0.4) is 0 Å². The second kappa shape index (κ2) is 5.92. The van der Waals surface area contributed by atoms with E-state index in [-0.39, 0.29) is 5.04 Å². The van der Waals surface area contributed by atoms with Crippen molar-refractivity contribution in [1.82, 2.24) is 0 Å². The molecule has 0 heterocycles. The highest BCUT2D eigenvalue weighted by molar-refractivity contribution is 6.98. The summed E-state index contributed by atoms with van der Waals surface area (Å²) >= 11 is 0. The van der Waals surface area contributed by atoms with E-state index in [1.165, 1.54) is 19.3 Å². The third-order valence-electron chi connectivity index (χ3n) is 5.82. The van der Waals surface area contributed by atoms with Gasteiger partial charge in [0.05, 0.1) is 0 Å². The Morgan fingerprint density at radius 3 is 1.74 bits per heavy atom. The molecule has 1 aliphatic carbocycles. The number of hydrogen-bond acceptors (Lipinski definition) is 1. The normalized spacial score (nSPS) is 17.0. The quantitative estimate of drug-likeness (QED) is 0.793. The van der Waals surface area contributed by atoms with Crippen LogP contribution in [0.2, 0.25) is 5.04 Å². The standard InChI is InChI=1S/C21H28OSi/c1-20(2,14-15-21(3)16-17-21)23(22,18-10-6-4-7-11-18)19-12-8-5-9-13-19/h4-13,22H,14-17H2,1-3H3. The highest BCUT2D eigenvalue weighted by Gasteiger charge is 2.51. The molecule has 1 saturated carbocycles. The fourth-order valence-electron chi connectivity index (χ4n) is 3.57. The molecule has 0 amide bonds. The van der Waals surface area contributed by atoms with Crippen molar-refractivity contribution in [2.24, 2.45) is 5.41 Å². The van der Waals surface area contributed by atoms with Gasteiger partial charge in [-0.05, 0) is 46.5 Å². The lowest BCUT2D eigenvalue weighted by molar-refractivity contribution is 0.404. The van der Waals surface area contributed by atoms with Gasteiger partial charge < -0.3 is 4.80 Å². The summed E-state index contributed by atoms with van der Waals surface area (Å²) in [5.74, 6) is 0. The lowest BCUT2D eigenvalue weighted by Gasteiger charge is -2.42. The Hall–Kier alpha value is -1.38. The Morgan fingerprint density at radius 1 is 0.913 bits per heavy atom. The van der Waals surface area contributed by atoms with Gasteiger partial charge in [0.1, 0.15) is 0 Å². The smallest absolute Gasteiger partial charge is 0.258 e. The molecule has 0 atom stereocenters. The maximum atomic E-state index is 12.0. The van der Waals surface area contributed by atoms with E-state index in [1.54, 1.807) is 0 Å². The summed E-state index contributed by atoms with van der Waals surface area (Å²) in [5.41, 5.74) is 0.528. The SMILES string of the molecule is CC1(CCC(C)(C)[Si](O)(c2ccccc2)c2ccccc2)CC1. The predicted octanol–water partition coefficient (Wildman–Crippen LogP) is 4.10. The van der Waals surface area contributed by atoms with Crippen LogP contribution in [-0.4, -0.2) is 13.1 Å². The molecule has 0 radical (unpaired) electrons. The van der Waals surface area contributed by atoms with Crippen LogP contribution in [0.5, 0.6) is 0 Å². The van der Waals surface area contributed by atoms with E-state index < -0.39 is 8.32 Å². The molecule has 0 aromatic heterocycles. The van der Waals surface area contributed by atoms with Crippen molar-refractivity contribution in [2.45, 2.75) is 51.5 Å². The van der Waals surface area contributed by atoms with Crippen molar-refractivity contribution < 1.29 is 4.80 Å². The second-order valence-electron chi connectivity index (χ2n) is 8.14. The van der Waals surface area contributed by atoms with E-state index in [0.717, 1.165) is 16.8 Å². The highest BCUT2D eigenvalue weighted by Crippen LogP contribution is 2.53. The van der Waals surface area contributed by atoms with Crippen LogP contribution in [0.25, 0.3) is 0 Å². The monoisotopic (exact) mass is 324 g/mol. The van der Waals surface area contributed by atoms with Crippen molar-refractivity contribution in [3.8, 4) is 0 Å². The molecule has 2 heteroatoms. The average Bonchev–Trinajstić information content (AvgIpc) is 3.32. The Kier molecular flexibility index (Phi) is 4.24. The molecule has 1 N–H and O–H groups in total. The predicted molar refractivity (Wildman–Crippen MR) is 101 cm³/mol. The molecular formula is C21H28OSi. The fourth-order valence-corrected chi connectivity index (χ4v) is 7.30. The van der Waals surface area contributed by atoms with Crippen LogP contribution < -0.4 is 10.4 Å². The van der Waals surface area contributed by atoms with Crippen molar-refractivity contribution in [1.29, 1.82) is 0 Å². The van der Waals surface area contributed by atoms with Crippen molar-refractivity contribution >= 4 is 18.7 Å².